The highest BCUT2D eigenvalue weighted by atomic mass is 35.5. The summed E-state index contributed by atoms with van der Waals surface area (Å²) >= 11 is 5.90. The van der Waals surface area contributed by atoms with Crippen LogP contribution in [-0.2, 0) is 9.84 Å². The number of ketones is 1. The Kier molecular flexibility index (Phi) is 3.37. The maximum Gasteiger partial charge on any atom is 0.199 e. The number of benzene rings is 1. The van der Waals surface area contributed by atoms with Gasteiger partial charge in [0.2, 0.25) is 0 Å². The molecule has 1 aromatic carbocycles. The molecule has 7 heteroatoms. The molecule has 0 spiro atoms. The van der Waals surface area contributed by atoms with Gasteiger partial charge in [0.1, 0.15) is 0 Å². The van der Waals surface area contributed by atoms with Gasteiger partial charge in [-0.3, -0.25) is 4.79 Å². The fraction of sp³-hybridized carbons (Fsp3) is 0.286. The first-order chi connectivity index (χ1) is 9.88. The lowest BCUT2D eigenvalue weighted by Gasteiger charge is -2.07. The number of hydrogen-bond donors (Lipinski definition) is 0. The van der Waals surface area contributed by atoms with Crippen molar-refractivity contribution >= 4 is 27.2 Å². The first kappa shape index (κ1) is 14.3. The third-order valence-corrected chi connectivity index (χ3v) is 4.77. The smallest absolute Gasteiger partial charge is 0.199 e. The Morgan fingerprint density at radius 2 is 2.05 bits per heavy atom. The number of halogens is 1. The van der Waals surface area contributed by atoms with Gasteiger partial charge in [0.25, 0.3) is 0 Å². The van der Waals surface area contributed by atoms with Crippen molar-refractivity contribution in [1.29, 1.82) is 0 Å². The van der Waals surface area contributed by atoms with Crippen LogP contribution in [0, 0.1) is 0 Å². The summed E-state index contributed by atoms with van der Waals surface area (Å²) in [4.78, 5) is 12.6. The maximum atomic E-state index is 12.7. The lowest BCUT2D eigenvalue weighted by atomic mass is 10.0. The van der Waals surface area contributed by atoms with E-state index in [4.69, 9.17) is 16.1 Å². The molecule has 1 aliphatic carbocycles. The minimum Gasteiger partial charge on any atom is -0.360 e. The van der Waals surface area contributed by atoms with Crippen LogP contribution in [-0.4, -0.2) is 25.6 Å². The van der Waals surface area contributed by atoms with E-state index >= 15 is 0 Å². The standard InChI is InChI=1S/C14H12ClNO4S/c1-21(18,19)12-5-4-9(15)6-10(12)13(17)11-7-16-20-14(11)8-2-3-8/h4-8H,2-3H2,1H3. The summed E-state index contributed by atoms with van der Waals surface area (Å²) < 4.78 is 28.8. The Morgan fingerprint density at radius 3 is 2.67 bits per heavy atom. The monoisotopic (exact) mass is 325 g/mol. The highest BCUT2D eigenvalue weighted by Gasteiger charge is 2.33. The molecule has 0 saturated heterocycles. The third kappa shape index (κ3) is 2.73. The number of hydrogen-bond acceptors (Lipinski definition) is 5. The zero-order valence-electron chi connectivity index (χ0n) is 11.2. The Morgan fingerprint density at radius 1 is 1.33 bits per heavy atom. The molecule has 0 aliphatic heterocycles. The second-order valence-corrected chi connectivity index (χ2v) is 7.54. The van der Waals surface area contributed by atoms with E-state index in [-0.39, 0.29) is 16.4 Å². The highest BCUT2D eigenvalue weighted by Crippen LogP contribution is 2.42. The molecule has 1 aliphatic rings. The highest BCUT2D eigenvalue weighted by molar-refractivity contribution is 7.90. The van der Waals surface area contributed by atoms with Crippen LogP contribution in [0.15, 0.2) is 33.8 Å². The van der Waals surface area contributed by atoms with Crippen LogP contribution in [0.25, 0.3) is 0 Å². The minimum absolute atomic E-state index is 0.0418. The SMILES string of the molecule is CS(=O)(=O)c1ccc(Cl)cc1C(=O)c1cnoc1C1CC1. The fourth-order valence-corrected chi connectivity index (χ4v) is 3.25. The van der Waals surface area contributed by atoms with Gasteiger partial charge in [0, 0.05) is 22.8 Å². The van der Waals surface area contributed by atoms with Gasteiger partial charge >= 0.3 is 0 Å². The molecule has 0 atom stereocenters. The van der Waals surface area contributed by atoms with Crippen molar-refractivity contribution in [2.45, 2.75) is 23.7 Å². The summed E-state index contributed by atoms with van der Waals surface area (Å²) in [6, 6.07) is 4.16. The predicted octanol–water partition coefficient (Wildman–Crippen LogP) is 2.84. The van der Waals surface area contributed by atoms with Crippen LogP contribution in [0.5, 0.6) is 0 Å². The molecule has 1 saturated carbocycles. The Labute approximate surface area is 126 Å². The van der Waals surface area contributed by atoms with Gasteiger partial charge in [-0.15, -0.1) is 0 Å². The van der Waals surface area contributed by atoms with Crippen LogP contribution in [0.3, 0.4) is 0 Å². The van der Waals surface area contributed by atoms with E-state index < -0.39 is 15.6 Å². The molecule has 0 bridgehead atoms. The minimum atomic E-state index is -3.53. The lowest BCUT2D eigenvalue weighted by molar-refractivity contribution is 0.103. The molecule has 1 heterocycles. The van der Waals surface area contributed by atoms with Gasteiger partial charge in [-0.2, -0.15) is 0 Å². The molecule has 0 unspecified atom stereocenters. The molecule has 0 N–H and O–H groups in total. The summed E-state index contributed by atoms with van der Waals surface area (Å²) in [5, 5.41) is 3.97. The van der Waals surface area contributed by atoms with Gasteiger partial charge < -0.3 is 4.52 Å². The molecule has 1 fully saturated rings. The average Bonchev–Trinajstić information content (AvgIpc) is 3.14. The fourth-order valence-electron chi connectivity index (χ4n) is 2.21. The van der Waals surface area contributed by atoms with Crippen molar-refractivity contribution in [1.82, 2.24) is 5.16 Å². The summed E-state index contributed by atoms with van der Waals surface area (Å²) in [7, 11) is -3.53. The quantitative estimate of drug-likeness (QED) is 0.808. The van der Waals surface area contributed by atoms with Crippen LogP contribution in [0.2, 0.25) is 5.02 Å². The molecular formula is C14H12ClNO4S. The van der Waals surface area contributed by atoms with Crippen molar-refractivity contribution in [3.8, 4) is 0 Å². The van der Waals surface area contributed by atoms with Gasteiger partial charge in [0.15, 0.2) is 21.4 Å². The van der Waals surface area contributed by atoms with Gasteiger partial charge in [-0.25, -0.2) is 8.42 Å². The first-order valence-electron chi connectivity index (χ1n) is 6.37. The van der Waals surface area contributed by atoms with Crippen LogP contribution in [0.4, 0.5) is 0 Å². The van der Waals surface area contributed by atoms with E-state index in [1.165, 1.54) is 24.4 Å². The number of nitrogens with zero attached hydrogens (tertiary/aromatic N) is 1. The Hall–Kier alpha value is -1.66. The second kappa shape index (κ2) is 4.96. The van der Waals surface area contributed by atoms with Crippen LogP contribution in [0.1, 0.15) is 40.4 Å². The molecule has 21 heavy (non-hydrogen) atoms. The lowest BCUT2D eigenvalue weighted by Crippen LogP contribution is -2.10. The van der Waals surface area contributed by atoms with E-state index in [1.54, 1.807) is 0 Å². The molecule has 2 aromatic rings. The molecule has 5 nitrogen and oxygen atoms in total. The Bertz CT molecular complexity index is 821. The zero-order chi connectivity index (χ0) is 15.2. The topological polar surface area (TPSA) is 77.2 Å². The second-order valence-electron chi connectivity index (χ2n) is 5.12. The molecule has 110 valence electrons. The molecule has 3 rings (SSSR count). The van der Waals surface area contributed by atoms with E-state index in [0.717, 1.165) is 19.1 Å². The van der Waals surface area contributed by atoms with Crippen molar-refractivity contribution in [3.63, 3.8) is 0 Å². The van der Waals surface area contributed by atoms with E-state index in [0.29, 0.717) is 16.3 Å². The number of rotatable bonds is 4. The number of carbonyl (C=O) groups is 1. The van der Waals surface area contributed by atoms with Gasteiger partial charge in [-0.05, 0) is 31.0 Å². The van der Waals surface area contributed by atoms with E-state index in [9.17, 15) is 13.2 Å². The van der Waals surface area contributed by atoms with Crippen molar-refractivity contribution in [2.75, 3.05) is 6.26 Å². The van der Waals surface area contributed by atoms with E-state index in [2.05, 4.69) is 5.16 Å². The van der Waals surface area contributed by atoms with Gasteiger partial charge in [-0.1, -0.05) is 16.8 Å². The summed E-state index contributed by atoms with van der Waals surface area (Å²) in [5.41, 5.74) is 0.361. The largest absolute Gasteiger partial charge is 0.360 e. The number of carbonyl (C=O) groups excluding carboxylic acids is 1. The maximum absolute atomic E-state index is 12.7. The number of aromatic nitrogens is 1. The van der Waals surface area contributed by atoms with Crippen LogP contribution >= 0.6 is 11.6 Å². The average molecular weight is 326 g/mol. The molecule has 0 radical (unpaired) electrons. The molecule has 0 amide bonds. The van der Waals surface area contributed by atoms with Gasteiger partial charge in [0.05, 0.1) is 16.7 Å². The Balaban J connectivity index is 2.13. The van der Waals surface area contributed by atoms with Crippen molar-refractivity contribution in [3.05, 3.63) is 46.3 Å². The summed E-state index contributed by atoms with van der Waals surface area (Å²) in [5.74, 6) is 0.299. The zero-order valence-corrected chi connectivity index (χ0v) is 12.7. The molecular weight excluding hydrogens is 314 g/mol. The molecule has 1 aromatic heterocycles. The van der Waals surface area contributed by atoms with Crippen molar-refractivity contribution in [2.24, 2.45) is 0 Å². The normalized spacial score (nSPS) is 15.1. The third-order valence-electron chi connectivity index (χ3n) is 3.38. The van der Waals surface area contributed by atoms with Crippen LogP contribution < -0.4 is 0 Å². The summed E-state index contributed by atoms with van der Waals surface area (Å²) in [6.07, 6.45) is 4.29. The number of sulfone groups is 1. The predicted molar refractivity (Wildman–Crippen MR) is 76.5 cm³/mol. The first-order valence-corrected chi connectivity index (χ1v) is 8.63. The summed E-state index contributed by atoms with van der Waals surface area (Å²) in [6.45, 7) is 0. The van der Waals surface area contributed by atoms with Crippen molar-refractivity contribution < 1.29 is 17.7 Å². The van der Waals surface area contributed by atoms with E-state index in [1.807, 2.05) is 0 Å².